The van der Waals surface area contributed by atoms with Gasteiger partial charge in [-0.2, -0.15) is 0 Å². The van der Waals surface area contributed by atoms with Gasteiger partial charge in [0.15, 0.2) is 17.6 Å². The van der Waals surface area contributed by atoms with Gasteiger partial charge in [0, 0.05) is 11.6 Å². The van der Waals surface area contributed by atoms with Gasteiger partial charge >= 0.3 is 0 Å². The van der Waals surface area contributed by atoms with Gasteiger partial charge in [0.1, 0.15) is 5.75 Å². The highest BCUT2D eigenvalue weighted by Crippen LogP contribution is 2.30. The Morgan fingerprint density at radius 3 is 2.26 bits per heavy atom. The number of nitrogens with one attached hydrogen (secondary N) is 1. The molecule has 0 saturated heterocycles. The predicted octanol–water partition coefficient (Wildman–Crippen LogP) is 4.73. The van der Waals surface area contributed by atoms with E-state index in [-0.39, 0.29) is 11.8 Å². The highest BCUT2D eigenvalue weighted by Gasteiger charge is 2.25. The number of ether oxygens (including phenoxy) is 3. The minimum atomic E-state index is -0.691. The number of hydrogen-bond donors (Lipinski definition) is 1. The smallest absolute Gasteiger partial charge is 0.261 e. The number of benzene rings is 2. The molecule has 0 bridgehead atoms. The van der Waals surface area contributed by atoms with Crippen molar-refractivity contribution in [2.75, 3.05) is 14.2 Å². The average molecular weight is 412 g/mol. The summed E-state index contributed by atoms with van der Waals surface area (Å²) in [5.41, 5.74) is 0.882. The third kappa shape index (κ3) is 5.68. The summed E-state index contributed by atoms with van der Waals surface area (Å²) in [6.45, 7) is 4.15. The van der Waals surface area contributed by atoms with Crippen LogP contribution in [0.4, 0.5) is 0 Å². The second-order valence-electron chi connectivity index (χ2n) is 6.26. The van der Waals surface area contributed by atoms with Gasteiger partial charge in [0.25, 0.3) is 5.91 Å². The first-order chi connectivity index (χ1) is 12.8. The van der Waals surface area contributed by atoms with Crippen molar-refractivity contribution in [1.82, 2.24) is 5.32 Å². The lowest BCUT2D eigenvalue weighted by molar-refractivity contribution is -0.130. The Morgan fingerprint density at radius 2 is 1.67 bits per heavy atom. The molecule has 0 fully saturated rings. The molecular weight excluding hydrogens is 389 g/mol. The first kappa shape index (κ1) is 21.2. The van der Waals surface area contributed by atoms with E-state index in [1.165, 1.54) is 0 Å². The molecule has 0 spiro atoms. The standard InChI is InChI=1S/C20H23Cl2NO4/c1-12(2)19(27-16-8-6-14(21)10-15(16)22)20(24)23-11-13-5-7-17(25-3)18(9-13)26-4/h5-10,12,19H,11H2,1-4H3,(H,23,24). The van der Waals surface area contributed by atoms with Crippen LogP contribution in [0.5, 0.6) is 17.2 Å². The molecule has 2 aromatic carbocycles. The van der Waals surface area contributed by atoms with Gasteiger partial charge in [-0.05, 0) is 41.8 Å². The molecule has 5 nitrogen and oxygen atoms in total. The van der Waals surface area contributed by atoms with E-state index in [4.69, 9.17) is 37.4 Å². The second-order valence-corrected chi connectivity index (χ2v) is 7.11. The third-order valence-electron chi connectivity index (χ3n) is 3.93. The molecule has 0 aromatic heterocycles. The summed E-state index contributed by atoms with van der Waals surface area (Å²) >= 11 is 12.1. The van der Waals surface area contributed by atoms with Gasteiger partial charge in [-0.15, -0.1) is 0 Å². The third-order valence-corrected chi connectivity index (χ3v) is 4.46. The summed E-state index contributed by atoms with van der Waals surface area (Å²) in [6, 6.07) is 10.4. The molecule has 146 valence electrons. The van der Waals surface area contributed by atoms with Gasteiger partial charge in [-0.25, -0.2) is 0 Å². The number of amides is 1. The van der Waals surface area contributed by atoms with Crippen molar-refractivity contribution < 1.29 is 19.0 Å². The molecule has 0 aliphatic heterocycles. The minimum Gasteiger partial charge on any atom is -0.493 e. The van der Waals surface area contributed by atoms with Crippen molar-refractivity contribution in [3.8, 4) is 17.2 Å². The van der Waals surface area contributed by atoms with E-state index in [0.717, 1.165) is 5.56 Å². The van der Waals surface area contributed by atoms with Crippen molar-refractivity contribution in [3.05, 3.63) is 52.0 Å². The van der Waals surface area contributed by atoms with Crippen LogP contribution in [0, 0.1) is 5.92 Å². The molecular formula is C20H23Cl2NO4. The molecule has 1 unspecified atom stereocenters. The van der Waals surface area contributed by atoms with Crippen LogP contribution in [0.3, 0.4) is 0 Å². The number of carbonyl (C=O) groups excluding carboxylic acids is 1. The van der Waals surface area contributed by atoms with Crippen LogP contribution in [0.2, 0.25) is 10.0 Å². The van der Waals surface area contributed by atoms with E-state index in [1.807, 2.05) is 26.0 Å². The van der Waals surface area contributed by atoms with Gasteiger partial charge in [-0.1, -0.05) is 43.1 Å². The lowest BCUT2D eigenvalue weighted by Crippen LogP contribution is -2.41. The zero-order valence-corrected chi connectivity index (χ0v) is 17.2. The Morgan fingerprint density at radius 1 is 1.00 bits per heavy atom. The molecule has 2 aromatic rings. The first-order valence-electron chi connectivity index (χ1n) is 8.46. The van der Waals surface area contributed by atoms with Crippen LogP contribution in [0.15, 0.2) is 36.4 Å². The Hall–Kier alpha value is -2.11. The fourth-order valence-electron chi connectivity index (χ4n) is 2.48. The molecule has 1 atom stereocenters. The van der Waals surface area contributed by atoms with Crippen LogP contribution in [-0.2, 0) is 11.3 Å². The Kier molecular flexibility index (Phi) is 7.63. The Labute approximate surface area is 169 Å². The van der Waals surface area contributed by atoms with Gasteiger partial charge in [0.05, 0.1) is 19.2 Å². The number of rotatable bonds is 8. The van der Waals surface area contributed by atoms with Crippen molar-refractivity contribution in [3.63, 3.8) is 0 Å². The molecule has 0 aliphatic rings. The highest BCUT2D eigenvalue weighted by atomic mass is 35.5. The van der Waals surface area contributed by atoms with E-state index < -0.39 is 6.10 Å². The summed E-state index contributed by atoms with van der Waals surface area (Å²) in [6.07, 6.45) is -0.691. The van der Waals surface area contributed by atoms with Crippen LogP contribution in [0.25, 0.3) is 0 Å². The zero-order chi connectivity index (χ0) is 20.0. The maximum atomic E-state index is 12.7. The van der Waals surface area contributed by atoms with Crippen molar-refractivity contribution in [1.29, 1.82) is 0 Å². The topological polar surface area (TPSA) is 56.8 Å². The van der Waals surface area contributed by atoms with E-state index in [0.29, 0.717) is 33.8 Å². The van der Waals surface area contributed by atoms with Gasteiger partial charge in [0.2, 0.25) is 0 Å². The maximum Gasteiger partial charge on any atom is 0.261 e. The quantitative estimate of drug-likeness (QED) is 0.681. The molecule has 0 radical (unpaired) electrons. The molecule has 1 amide bonds. The van der Waals surface area contributed by atoms with Gasteiger partial charge in [-0.3, -0.25) is 4.79 Å². The highest BCUT2D eigenvalue weighted by molar-refractivity contribution is 6.35. The Bertz CT molecular complexity index is 796. The molecule has 0 heterocycles. The number of halogens is 2. The molecule has 0 saturated carbocycles. The van der Waals surface area contributed by atoms with Crippen LogP contribution in [-0.4, -0.2) is 26.2 Å². The maximum absolute atomic E-state index is 12.7. The fourth-order valence-corrected chi connectivity index (χ4v) is 2.93. The summed E-state index contributed by atoms with van der Waals surface area (Å²) in [5.74, 6) is 1.37. The largest absolute Gasteiger partial charge is 0.493 e. The number of carbonyl (C=O) groups is 1. The van der Waals surface area contributed by atoms with Crippen molar-refractivity contribution in [2.24, 2.45) is 5.92 Å². The minimum absolute atomic E-state index is 0.0536. The average Bonchev–Trinajstić information content (AvgIpc) is 2.64. The summed E-state index contributed by atoms with van der Waals surface area (Å²) < 4.78 is 16.3. The van der Waals surface area contributed by atoms with Crippen molar-refractivity contribution in [2.45, 2.75) is 26.5 Å². The van der Waals surface area contributed by atoms with Gasteiger partial charge < -0.3 is 19.5 Å². The Balaban J connectivity index is 2.07. The summed E-state index contributed by atoms with van der Waals surface area (Å²) in [5, 5.41) is 3.76. The summed E-state index contributed by atoms with van der Waals surface area (Å²) in [4.78, 5) is 12.7. The van der Waals surface area contributed by atoms with Crippen molar-refractivity contribution >= 4 is 29.1 Å². The molecule has 27 heavy (non-hydrogen) atoms. The zero-order valence-electron chi connectivity index (χ0n) is 15.7. The van der Waals surface area contributed by atoms with E-state index in [2.05, 4.69) is 5.32 Å². The van der Waals surface area contributed by atoms with Crippen LogP contribution >= 0.6 is 23.2 Å². The lowest BCUT2D eigenvalue weighted by Gasteiger charge is -2.22. The van der Waals surface area contributed by atoms with Crippen LogP contribution in [0.1, 0.15) is 19.4 Å². The van der Waals surface area contributed by atoms with E-state index in [9.17, 15) is 4.79 Å². The SMILES string of the molecule is COc1ccc(CNC(=O)C(Oc2ccc(Cl)cc2Cl)C(C)C)cc1OC. The second kappa shape index (κ2) is 9.72. The lowest BCUT2D eigenvalue weighted by atomic mass is 10.1. The van der Waals surface area contributed by atoms with Crippen LogP contribution < -0.4 is 19.5 Å². The first-order valence-corrected chi connectivity index (χ1v) is 9.21. The normalized spacial score (nSPS) is 11.8. The summed E-state index contributed by atoms with van der Waals surface area (Å²) in [7, 11) is 3.14. The molecule has 2 rings (SSSR count). The predicted molar refractivity (Wildman–Crippen MR) is 107 cm³/mol. The van der Waals surface area contributed by atoms with E-state index >= 15 is 0 Å². The number of hydrogen-bond acceptors (Lipinski definition) is 4. The van der Waals surface area contributed by atoms with E-state index in [1.54, 1.807) is 38.5 Å². The number of methoxy groups -OCH3 is 2. The monoisotopic (exact) mass is 411 g/mol. The fraction of sp³-hybridized carbons (Fsp3) is 0.350. The molecule has 7 heteroatoms. The molecule has 1 N–H and O–H groups in total. The molecule has 0 aliphatic carbocycles.